The molecule has 43 heavy (non-hydrogen) atoms. The predicted octanol–water partition coefficient (Wildman–Crippen LogP) is 5.38. The Kier molecular flexibility index (Phi) is 19.4. The van der Waals surface area contributed by atoms with E-state index in [0.29, 0.717) is 51.0 Å². The first kappa shape index (κ1) is 37.1. The second kappa shape index (κ2) is 22.5. The Balaban J connectivity index is 1.50. The lowest BCUT2D eigenvalue weighted by molar-refractivity contribution is -0.757. The van der Waals surface area contributed by atoms with Crippen LogP contribution in [0.4, 0.5) is 0 Å². The summed E-state index contributed by atoms with van der Waals surface area (Å²) < 4.78 is 0. The van der Waals surface area contributed by atoms with E-state index in [-0.39, 0.29) is 30.1 Å². The number of aliphatic hydroxyl groups is 2. The van der Waals surface area contributed by atoms with E-state index in [1.165, 1.54) is 19.3 Å². The molecule has 2 fully saturated rings. The summed E-state index contributed by atoms with van der Waals surface area (Å²) in [4.78, 5) is 41.6. The first-order valence-electron chi connectivity index (χ1n) is 17.1. The molecule has 0 radical (unpaired) electrons. The van der Waals surface area contributed by atoms with E-state index >= 15 is 0 Å². The highest BCUT2D eigenvalue weighted by Crippen LogP contribution is 2.38. The highest BCUT2D eigenvalue weighted by atomic mass is 16.9. The maximum absolute atomic E-state index is 12.3. The third-order valence-electron chi connectivity index (χ3n) is 9.32. The zero-order valence-corrected chi connectivity index (χ0v) is 26.6. The molecule has 3 N–H and O–H groups in total. The first-order chi connectivity index (χ1) is 20.8. The number of nitrogens with one attached hydrogen (secondary N) is 1. The number of likely N-dealkylation sites (tertiary alicyclic amines) is 1. The van der Waals surface area contributed by atoms with Gasteiger partial charge in [-0.1, -0.05) is 44.8 Å². The van der Waals surface area contributed by atoms with E-state index in [0.717, 1.165) is 77.4 Å². The van der Waals surface area contributed by atoms with E-state index in [2.05, 4.69) is 34.1 Å². The molecule has 0 bridgehead atoms. The van der Waals surface area contributed by atoms with Gasteiger partial charge in [0.1, 0.15) is 5.78 Å². The van der Waals surface area contributed by atoms with Crippen molar-refractivity contribution in [2.24, 2.45) is 17.8 Å². The molecule has 0 aromatic carbocycles. The zero-order chi connectivity index (χ0) is 31.3. The highest BCUT2D eigenvalue weighted by molar-refractivity contribution is 5.78. The minimum Gasteiger partial charge on any atom is -0.393 e. The number of aliphatic hydroxyl groups excluding tert-OH is 2. The average Bonchev–Trinajstić information content (AvgIpc) is 3.25. The molecule has 10 nitrogen and oxygen atoms in total. The van der Waals surface area contributed by atoms with Crippen LogP contribution in [0.2, 0.25) is 0 Å². The minimum atomic E-state index is -0.727. The molecule has 1 aliphatic carbocycles. The third kappa shape index (κ3) is 16.6. The van der Waals surface area contributed by atoms with Gasteiger partial charge in [-0.3, -0.25) is 9.59 Å². The van der Waals surface area contributed by atoms with Gasteiger partial charge in [-0.25, -0.2) is 0 Å². The topological polar surface area (TPSA) is 142 Å². The van der Waals surface area contributed by atoms with Gasteiger partial charge in [0.15, 0.2) is 0 Å². The molecule has 0 aromatic rings. The summed E-state index contributed by atoms with van der Waals surface area (Å²) in [5.41, 5.74) is 0. The monoisotopic (exact) mass is 609 g/mol. The van der Waals surface area contributed by atoms with Gasteiger partial charge in [0.2, 0.25) is 5.91 Å². The molecule has 1 saturated heterocycles. The van der Waals surface area contributed by atoms with Gasteiger partial charge >= 0.3 is 0 Å². The van der Waals surface area contributed by atoms with Gasteiger partial charge in [0, 0.05) is 25.8 Å². The summed E-state index contributed by atoms with van der Waals surface area (Å²) in [6, 6.07) is 0. The lowest BCUT2D eigenvalue weighted by Gasteiger charge is -2.32. The van der Waals surface area contributed by atoms with Crippen LogP contribution in [0.3, 0.4) is 0 Å². The molecular formula is C33H59N3O7. The molecule has 4 atom stereocenters. The van der Waals surface area contributed by atoms with Gasteiger partial charge in [0.25, 0.3) is 5.09 Å². The number of allylic oxidation sites excluding steroid dienone is 2. The number of amides is 1. The molecule has 1 saturated carbocycles. The number of ketones is 1. The maximum Gasteiger partial charge on any atom is 0.294 e. The third-order valence-corrected chi connectivity index (χ3v) is 9.32. The van der Waals surface area contributed by atoms with Crippen molar-refractivity contribution in [3.05, 3.63) is 22.3 Å². The molecule has 0 aromatic heterocycles. The first-order valence-corrected chi connectivity index (χ1v) is 17.1. The number of hydrogen-bond donors (Lipinski definition) is 3. The maximum atomic E-state index is 12.3. The van der Waals surface area contributed by atoms with E-state index in [1.54, 1.807) is 0 Å². The Bertz CT molecular complexity index is 816. The summed E-state index contributed by atoms with van der Waals surface area (Å²) in [7, 11) is 0. The molecule has 0 unspecified atom stereocenters. The van der Waals surface area contributed by atoms with Crippen molar-refractivity contribution >= 4 is 11.7 Å². The van der Waals surface area contributed by atoms with Crippen molar-refractivity contribution in [1.82, 2.24) is 10.2 Å². The Labute approximate surface area is 259 Å². The van der Waals surface area contributed by atoms with E-state index in [4.69, 9.17) is 0 Å². The average molecular weight is 610 g/mol. The summed E-state index contributed by atoms with van der Waals surface area (Å²) in [5, 5.41) is 33.5. The van der Waals surface area contributed by atoms with Gasteiger partial charge in [-0.2, -0.15) is 0 Å². The smallest absolute Gasteiger partial charge is 0.294 e. The van der Waals surface area contributed by atoms with Gasteiger partial charge < -0.3 is 25.3 Å². The van der Waals surface area contributed by atoms with Crippen molar-refractivity contribution in [3.8, 4) is 0 Å². The van der Waals surface area contributed by atoms with Gasteiger partial charge in [-0.15, -0.1) is 10.1 Å². The quantitative estimate of drug-likeness (QED) is 0.0573. The number of carbonyl (C=O) groups is 2. The second-order valence-corrected chi connectivity index (χ2v) is 12.7. The van der Waals surface area contributed by atoms with Crippen molar-refractivity contribution in [3.63, 3.8) is 0 Å². The zero-order valence-electron chi connectivity index (χ0n) is 26.6. The van der Waals surface area contributed by atoms with Crippen LogP contribution < -0.4 is 5.32 Å². The van der Waals surface area contributed by atoms with Crippen molar-refractivity contribution in [2.45, 2.75) is 135 Å². The van der Waals surface area contributed by atoms with Gasteiger partial charge in [-0.05, 0) is 108 Å². The normalized spacial score (nSPS) is 23.1. The van der Waals surface area contributed by atoms with Crippen molar-refractivity contribution in [1.29, 1.82) is 0 Å². The number of rotatable bonds is 24. The molecule has 2 aliphatic rings. The van der Waals surface area contributed by atoms with E-state index in [1.807, 2.05) is 0 Å². The number of nitrogens with zero attached hydrogens (tertiary/aromatic N) is 2. The summed E-state index contributed by atoms with van der Waals surface area (Å²) >= 11 is 0. The highest BCUT2D eigenvalue weighted by Gasteiger charge is 2.40. The number of carbonyl (C=O) groups excluding carboxylic acids is 2. The van der Waals surface area contributed by atoms with Crippen LogP contribution in [0.5, 0.6) is 0 Å². The van der Waals surface area contributed by atoms with Crippen LogP contribution in [0, 0.1) is 27.9 Å². The Hall–Kier alpha value is -2.04. The standard InChI is InChI=1S/C33H59N3O7/c1-2-3-4-5-8-14-28(37)17-18-30-29(31(38)26-32(30)39)15-9-6-7-10-16-33(40)34-21-12-22-35-23-19-27(20-24-35)13-11-25-43-36(41)42/h6,9,27,29-32,38-39H,2-5,7-8,10-26H2,1H3,(H,34,40)/b9-6-/t29-,30-,31+,32-/m1/s1. The lowest BCUT2D eigenvalue weighted by atomic mass is 9.86. The number of unbranched alkanes of at least 4 members (excludes halogenated alkanes) is 5. The molecule has 10 heteroatoms. The van der Waals surface area contributed by atoms with E-state index in [9.17, 15) is 29.9 Å². The fourth-order valence-corrected chi connectivity index (χ4v) is 6.66. The molecule has 0 spiro atoms. The lowest BCUT2D eigenvalue weighted by Crippen LogP contribution is -2.36. The van der Waals surface area contributed by atoms with Crippen LogP contribution >= 0.6 is 0 Å². The molecule has 248 valence electrons. The van der Waals surface area contributed by atoms with E-state index < -0.39 is 17.3 Å². The molecule has 2 rings (SSSR count). The predicted molar refractivity (Wildman–Crippen MR) is 168 cm³/mol. The minimum absolute atomic E-state index is 0.0203. The molecule has 1 amide bonds. The number of piperidine rings is 1. The molecular weight excluding hydrogens is 550 g/mol. The fraction of sp³-hybridized carbons (Fsp3) is 0.879. The van der Waals surface area contributed by atoms with Crippen LogP contribution in [0.15, 0.2) is 12.2 Å². The molecule has 1 heterocycles. The summed E-state index contributed by atoms with van der Waals surface area (Å²) in [6.45, 7) is 6.09. The fourth-order valence-electron chi connectivity index (χ4n) is 6.66. The Morgan fingerprint density at radius 3 is 2.42 bits per heavy atom. The number of Topliss-reactive ketones (excluding diaryl/α,β-unsaturated/α-hetero) is 1. The summed E-state index contributed by atoms with van der Waals surface area (Å²) in [6.07, 6.45) is 18.5. The van der Waals surface area contributed by atoms with Crippen LogP contribution in [-0.4, -0.2) is 76.9 Å². The van der Waals surface area contributed by atoms with Crippen LogP contribution in [-0.2, 0) is 14.4 Å². The Morgan fingerprint density at radius 1 is 0.930 bits per heavy atom. The summed E-state index contributed by atoms with van der Waals surface area (Å²) in [5.74, 6) is 0.904. The van der Waals surface area contributed by atoms with Crippen molar-refractivity contribution in [2.75, 3.05) is 32.8 Å². The largest absolute Gasteiger partial charge is 0.393 e. The SMILES string of the molecule is CCCCCCCC(=O)CC[C@@H]1[C@@H](C/C=C\CCCC(=O)NCCCN2CCC(CCCO[N+](=O)[O-])CC2)[C@@H](O)C[C@H]1O. The Morgan fingerprint density at radius 2 is 1.67 bits per heavy atom. The molecule has 1 aliphatic heterocycles. The van der Waals surface area contributed by atoms with Crippen LogP contribution in [0.25, 0.3) is 0 Å². The van der Waals surface area contributed by atoms with Crippen LogP contribution in [0.1, 0.15) is 122 Å². The second-order valence-electron chi connectivity index (χ2n) is 12.7. The number of hydrogen-bond acceptors (Lipinski definition) is 8. The van der Waals surface area contributed by atoms with Crippen molar-refractivity contribution < 1.29 is 29.7 Å². The van der Waals surface area contributed by atoms with Gasteiger partial charge in [0.05, 0.1) is 18.8 Å².